The van der Waals surface area contributed by atoms with E-state index in [2.05, 4.69) is 49.7 Å². The second-order valence-electron chi connectivity index (χ2n) is 5.87. The maximum absolute atomic E-state index is 12.9. The Balaban J connectivity index is 1.94. The zero-order valence-corrected chi connectivity index (χ0v) is 13.1. The Morgan fingerprint density at radius 1 is 1.09 bits per heavy atom. The molecule has 1 aromatic heterocycles. The van der Waals surface area contributed by atoms with Gasteiger partial charge in [-0.05, 0) is 56.7 Å². The summed E-state index contributed by atoms with van der Waals surface area (Å²) < 4.78 is 21.0. The maximum atomic E-state index is 12.9. The predicted octanol–water partition coefficient (Wildman–Crippen LogP) is 5.25. The number of aromatic nitrogens is 1. The smallest absolute Gasteiger partial charge is 0.123 e. The summed E-state index contributed by atoms with van der Waals surface area (Å²) in [7, 11) is 0. The molecule has 0 radical (unpaired) electrons. The van der Waals surface area contributed by atoms with Crippen molar-refractivity contribution in [3.8, 4) is 5.75 Å². The number of fused-ring (bicyclic) bond motifs is 1. The van der Waals surface area contributed by atoms with Gasteiger partial charge in [-0.3, -0.25) is 0 Å². The highest BCUT2D eigenvalue weighted by Crippen LogP contribution is 2.28. The lowest BCUT2D eigenvalue weighted by atomic mass is 10.1. The summed E-state index contributed by atoms with van der Waals surface area (Å²) in [5, 5.41) is 1.25. The van der Waals surface area contributed by atoms with Crippen molar-refractivity contribution in [2.45, 2.75) is 33.4 Å². The zero-order chi connectivity index (χ0) is 15.7. The standard InChI is InChI=1S/C19H20FNO/c1-13(2)21-11-15(19-14(3)5-4-6-18(19)21)12-22-17-9-7-16(20)8-10-17/h4-11,13H,12H2,1-3H3. The SMILES string of the molecule is Cc1cccc2c1c(COc1ccc(F)cc1)cn2C(C)C. The molecule has 3 heteroatoms. The van der Waals surface area contributed by atoms with Crippen molar-refractivity contribution >= 4 is 10.9 Å². The number of aryl methyl sites for hydroxylation is 1. The van der Waals surface area contributed by atoms with Gasteiger partial charge in [0.2, 0.25) is 0 Å². The van der Waals surface area contributed by atoms with Gasteiger partial charge >= 0.3 is 0 Å². The van der Waals surface area contributed by atoms with Gasteiger partial charge in [0.25, 0.3) is 0 Å². The fourth-order valence-electron chi connectivity index (χ4n) is 2.82. The first-order chi connectivity index (χ1) is 10.6. The molecule has 2 nitrogen and oxygen atoms in total. The highest BCUT2D eigenvalue weighted by atomic mass is 19.1. The van der Waals surface area contributed by atoms with Gasteiger partial charge < -0.3 is 9.30 Å². The van der Waals surface area contributed by atoms with E-state index in [1.807, 2.05) is 0 Å². The number of nitrogens with zero attached hydrogens (tertiary/aromatic N) is 1. The van der Waals surface area contributed by atoms with Crippen molar-refractivity contribution in [2.24, 2.45) is 0 Å². The molecule has 0 atom stereocenters. The molecule has 0 aliphatic heterocycles. The zero-order valence-electron chi connectivity index (χ0n) is 13.1. The van der Waals surface area contributed by atoms with Crippen LogP contribution in [0.2, 0.25) is 0 Å². The molecule has 0 fully saturated rings. The van der Waals surface area contributed by atoms with E-state index >= 15 is 0 Å². The third-order valence-corrected chi connectivity index (χ3v) is 3.91. The van der Waals surface area contributed by atoms with Crippen LogP contribution < -0.4 is 4.74 Å². The molecule has 22 heavy (non-hydrogen) atoms. The molecule has 0 saturated heterocycles. The average molecular weight is 297 g/mol. The fourth-order valence-corrected chi connectivity index (χ4v) is 2.82. The van der Waals surface area contributed by atoms with Crippen molar-refractivity contribution in [2.75, 3.05) is 0 Å². The molecular formula is C19H20FNO. The van der Waals surface area contributed by atoms with Crippen LogP contribution in [0.5, 0.6) is 5.75 Å². The van der Waals surface area contributed by atoms with E-state index in [0.717, 1.165) is 5.56 Å². The largest absolute Gasteiger partial charge is 0.489 e. The third-order valence-electron chi connectivity index (χ3n) is 3.91. The monoisotopic (exact) mass is 297 g/mol. The van der Waals surface area contributed by atoms with E-state index in [-0.39, 0.29) is 5.82 Å². The molecule has 0 N–H and O–H groups in total. The molecule has 1 heterocycles. The maximum Gasteiger partial charge on any atom is 0.123 e. The fraction of sp³-hybridized carbons (Fsp3) is 0.263. The summed E-state index contributed by atoms with van der Waals surface area (Å²) in [6, 6.07) is 12.9. The van der Waals surface area contributed by atoms with Crippen LogP contribution in [0.15, 0.2) is 48.7 Å². The van der Waals surface area contributed by atoms with E-state index in [1.54, 1.807) is 12.1 Å². The molecule has 3 rings (SSSR count). The van der Waals surface area contributed by atoms with Gasteiger partial charge in [0, 0.05) is 28.7 Å². The number of benzene rings is 2. The van der Waals surface area contributed by atoms with Gasteiger partial charge in [-0.15, -0.1) is 0 Å². The molecule has 3 aromatic rings. The average Bonchev–Trinajstić information content (AvgIpc) is 2.87. The minimum Gasteiger partial charge on any atom is -0.489 e. The second-order valence-corrected chi connectivity index (χ2v) is 5.87. The summed E-state index contributed by atoms with van der Waals surface area (Å²) in [6.45, 7) is 6.94. The highest BCUT2D eigenvalue weighted by Gasteiger charge is 2.12. The van der Waals surface area contributed by atoms with Gasteiger partial charge in [0.05, 0.1) is 0 Å². The van der Waals surface area contributed by atoms with Crippen molar-refractivity contribution in [1.82, 2.24) is 4.57 Å². The van der Waals surface area contributed by atoms with Crippen molar-refractivity contribution in [3.05, 3.63) is 65.6 Å². The Hall–Kier alpha value is -2.29. The molecule has 114 valence electrons. The Morgan fingerprint density at radius 3 is 2.50 bits per heavy atom. The van der Waals surface area contributed by atoms with Gasteiger partial charge in [0.1, 0.15) is 18.2 Å². The van der Waals surface area contributed by atoms with Crippen LogP contribution >= 0.6 is 0 Å². The number of halogens is 1. The first kappa shape index (κ1) is 14.6. The Morgan fingerprint density at radius 2 is 1.82 bits per heavy atom. The van der Waals surface area contributed by atoms with E-state index < -0.39 is 0 Å². The van der Waals surface area contributed by atoms with Crippen LogP contribution in [0.1, 0.15) is 31.0 Å². The summed E-state index contributed by atoms with van der Waals surface area (Å²) in [5.74, 6) is 0.431. The lowest BCUT2D eigenvalue weighted by Gasteiger charge is -2.09. The van der Waals surface area contributed by atoms with Crippen LogP contribution in [0.4, 0.5) is 4.39 Å². The number of rotatable bonds is 4. The lowest BCUT2D eigenvalue weighted by molar-refractivity contribution is 0.306. The molecule has 0 amide bonds. The molecule has 0 aliphatic rings. The van der Waals surface area contributed by atoms with E-state index in [4.69, 9.17) is 4.74 Å². The van der Waals surface area contributed by atoms with Gasteiger partial charge in [-0.2, -0.15) is 0 Å². The quantitative estimate of drug-likeness (QED) is 0.641. The summed E-state index contributed by atoms with van der Waals surface area (Å²) >= 11 is 0. The van der Waals surface area contributed by atoms with Gasteiger partial charge in [0.15, 0.2) is 0 Å². The van der Waals surface area contributed by atoms with E-state index in [0.29, 0.717) is 18.4 Å². The van der Waals surface area contributed by atoms with Crippen LogP contribution in [0.3, 0.4) is 0 Å². The van der Waals surface area contributed by atoms with E-state index in [1.165, 1.54) is 28.6 Å². The second kappa shape index (κ2) is 5.84. The lowest BCUT2D eigenvalue weighted by Crippen LogP contribution is -1.98. The van der Waals surface area contributed by atoms with Gasteiger partial charge in [-0.25, -0.2) is 4.39 Å². The summed E-state index contributed by atoms with van der Waals surface area (Å²) in [6.07, 6.45) is 2.16. The summed E-state index contributed by atoms with van der Waals surface area (Å²) in [4.78, 5) is 0. The first-order valence-corrected chi connectivity index (χ1v) is 7.53. The van der Waals surface area contributed by atoms with Crippen molar-refractivity contribution < 1.29 is 9.13 Å². The van der Waals surface area contributed by atoms with Crippen molar-refractivity contribution in [3.63, 3.8) is 0 Å². The molecule has 0 spiro atoms. The molecule has 0 aliphatic carbocycles. The van der Waals surface area contributed by atoms with Crippen LogP contribution in [-0.2, 0) is 6.61 Å². The Labute approximate surface area is 130 Å². The summed E-state index contributed by atoms with van der Waals surface area (Å²) in [5.41, 5.74) is 3.63. The number of ether oxygens (including phenoxy) is 1. The van der Waals surface area contributed by atoms with Gasteiger partial charge in [-0.1, -0.05) is 12.1 Å². The first-order valence-electron chi connectivity index (χ1n) is 7.53. The minimum absolute atomic E-state index is 0.250. The normalized spacial score (nSPS) is 11.3. The molecule has 0 saturated carbocycles. The Kier molecular flexibility index (Phi) is 3.88. The highest BCUT2D eigenvalue weighted by molar-refractivity contribution is 5.87. The predicted molar refractivity (Wildman–Crippen MR) is 87.8 cm³/mol. The van der Waals surface area contributed by atoms with Crippen molar-refractivity contribution in [1.29, 1.82) is 0 Å². The molecular weight excluding hydrogens is 277 g/mol. The Bertz CT molecular complexity index is 787. The minimum atomic E-state index is -0.250. The molecule has 0 bridgehead atoms. The number of hydrogen-bond donors (Lipinski definition) is 0. The van der Waals surface area contributed by atoms with Crippen LogP contribution in [0.25, 0.3) is 10.9 Å². The molecule has 0 unspecified atom stereocenters. The topological polar surface area (TPSA) is 14.2 Å². The van der Waals surface area contributed by atoms with Crippen LogP contribution in [-0.4, -0.2) is 4.57 Å². The third kappa shape index (κ3) is 2.71. The van der Waals surface area contributed by atoms with Crippen LogP contribution in [0, 0.1) is 12.7 Å². The molecule has 2 aromatic carbocycles. The van der Waals surface area contributed by atoms with E-state index in [9.17, 15) is 4.39 Å². The number of hydrogen-bond acceptors (Lipinski definition) is 1.